The highest BCUT2D eigenvalue weighted by molar-refractivity contribution is 4.86. The Balaban J connectivity index is 2.55. The van der Waals surface area contributed by atoms with E-state index in [2.05, 4.69) is 20.8 Å². The van der Waals surface area contributed by atoms with E-state index in [0.29, 0.717) is 12.7 Å². The molecule has 1 fully saturated rings. The van der Waals surface area contributed by atoms with Gasteiger partial charge in [-0.2, -0.15) is 0 Å². The molecule has 2 N–H and O–H groups in total. The smallest absolute Gasteiger partial charge is 0.0626 e. The van der Waals surface area contributed by atoms with Gasteiger partial charge >= 0.3 is 0 Å². The summed E-state index contributed by atoms with van der Waals surface area (Å²) in [5, 5.41) is 0. The van der Waals surface area contributed by atoms with E-state index in [1.165, 1.54) is 0 Å². The van der Waals surface area contributed by atoms with Crippen molar-refractivity contribution >= 4 is 0 Å². The van der Waals surface area contributed by atoms with Gasteiger partial charge < -0.3 is 10.5 Å². The van der Waals surface area contributed by atoms with E-state index in [1.807, 2.05) is 0 Å². The van der Waals surface area contributed by atoms with Gasteiger partial charge in [0.1, 0.15) is 0 Å². The third-order valence-electron chi connectivity index (χ3n) is 2.38. The van der Waals surface area contributed by atoms with Crippen LogP contribution < -0.4 is 5.73 Å². The molecule has 0 amide bonds. The molecule has 2 nitrogen and oxygen atoms in total. The molecule has 1 rings (SSSR count). The van der Waals surface area contributed by atoms with E-state index < -0.39 is 0 Å². The zero-order valence-electron chi connectivity index (χ0n) is 7.05. The van der Waals surface area contributed by atoms with E-state index >= 15 is 0 Å². The molecule has 0 spiro atoms. The molecule has 1 heterocycles. The minimum Gasteiger partial charge on any atom is -0.377 e. The van der Waals surface area contributed by atoms with Gasteiger partial charge in [-0.15, -0.1) is 0 Å². The maximum atomic E-state index is 5.85. The largest absolute Gasteiger partial charge is 0.377 e. The number of ether oxygens (including phenoxy) is 1. The second-order valence-electron chi connectivity index (χ2n) is 3.94. The van der Waals surface area contributed by atoms with Crippen molar-refractivity contribution in [2.24, 2.45) is 11.1 Å². The van der Waals surface area contributed by atoms with Crippen LogP contribution in [0.2, 0.25) is 0 Å². The fourth-order valence-electron chi connectivity index (χ4n) is 1.44. The monoisotopic (exact) mass is 143 g/mol. The molecule has 0 aromatic carbocycles. The lowest BCUT2D eigenvalue weighted by Crippen LogP contribution is -2.47. The summed E-state index contributed by atoms with van der Waals surface area (Å²) in [5.41, 5.74) is 6.11. The Kier molecular flexibility index (Phi) is 2.02. The van der Waals surface area contributed by atoms with Crippen LogP contribution in [0.4, 0.5) is 0 Å². The highest BCUT2D eigenvalue weighted by atomic mass is 16.5. The molecule has 1 aliphatic heterocycles. The van der Waals surface area contributed by atoms with E-state index in [1.54, 1.807) is 0 Å². The normalized spacial score (nSPS) is 39.6. The number of hydrogen-bond acceptors (Lipinski definition) is 2. The molecule has 1 saturated heterocycles. The second kappa shape index (κ2) is 2.51. The Morgan fingerprint density at radius 3 is 2.50 bits per heavy atom. The van der Waals surface area contributed by atoms with E-state index in [0.717, 1.165) is 6.42 Å². The maximum absolute atomic E-state index is 5.85. The van der Waals surface area contributed by atoms with Crippen LogP contribution in [0.3, 0.4) is 0 Å². The first-order valence-corrected chi connectivity index (χ1v) is 3.89. The lowest BCUT2D eigenvalue weighted by Gasteiger charge is -2.39. The van der Waals surface area contributed by atoms with Gasteiger partial charge in [0.25, 0.3) is 0 Å². The molecule has 0 saturated carbocycles. The van der Waals surface area contributed by atoms with Gasteiger partial charge in [-0.25, -0.2) is 0 Å². The number of rotatable bonds is 0. The first kappa shape index (κ1) is 8.02. The highest BCUT2D eigenvalue weighted by Gasteiger charge is 2.33. The summed E-state index contributed by atoms with van der Waals surface area (Å²) in [4.78, 5) is 0. The van der Waals surface area contributed by atoms with E-state index in [4.69, 9.17) is 10.5 Å². The first-order valence-electron chi connectivity index (χ1n) is 3.89. The van der Waals surface area contributed by atoms with Crippen LogP contribution >= 0.6 is 0 Å². The predicted molar refractivity (Wildman–Crippen MR) is 41.8 cm³/mol. The molecule has 1 aliphatic rings. The van der Waals surface area contributed by atoms with E-state index in [-0.39, 0.29) is 11.5 Å². The lowest BCUT2D eigenvalue weighted by atomic mass is 9.78. The Bertz CT molecular complexity index is 122. The van der Waals surface area contributed by atoms with Crippen LogP contribution in [0.15, 0.2) is 0 Å². The summed E-state index contributed by atoms with van der Waals surface area (Å²) < 4.78 is 5.40. The van der Waals surface area contributed by atoms with Gasteiger partial charge in [0, 0.05) is 6.04 Å². The number of hydrogen-bond donors (Lipinski definition) is 1. The molecule has 0 radical (unpaired) electrons. The van der Waals surface area contributed by atoms with Crippen molar-refractivity contribution in [2.45, 2.75) is 39.3 Å². The first-order chi connectivity index (χ1) is 4.52. The molecule has 0 aromatic rings. The fraction of sp³-hybridized carbons (Fsp3) is 1.00. The highest BCUT2D eigenvalue weighted by Crippen LogP contribution is 2.30. The Morgan fingerprint density at radius 2 is 2.10 bits per heavy atom. The predicted octanol–water partition coefficient (Wildman–Crippen LogP) is 1.15. The summed E-state index contributed by atoms with van der Waals surface area (Å²) in [7, 11) is 0. The van der Waals surface area contributed by atoms with Gasteiger partial charge in [-0.1, -0.05) is 13.8 Å². The van der Waals surface area contributed by atoms with Crippen molar-refractivity contribution in [1.29, 1.82) is 0 Å². The summed E-state index contributed by atoms with van der Waals surface area (Å²) in [5.74, 6) is 0. The van der Waals surface area contributed by atoms with Crippen LogP contribution in [-0.4, -0.2) is 18.8 Å². The van der Waals surface area contributed by atoms with Crippen LogP contribution in [0.1, 0.15) is 27.2 Å². The van der Waals surface area contributed by atoms with Crippen molar-refractivity contribution in [1.82, 2.24) is 0 Å². The Labute approximate surface area is 62.7 Å². The molecular formula is C8H17NO. The van der Waals surface area contributed by atoms with Crippen molar-refractivity contribution < 1.29 is 4.74 Å². The third kappa shape index (κ3) is 1.50. The maximum Gasteiger partial charge on any atom is 0.0626 e. The van der Waals surface area contributed by atoms with Crippen molar-refractivity contribution in [3.8, 4) is 0 Å². The molecule has 2 atom stereocenters. The molecule has 60 valence electrons. The fourth-order valence-corrected chi connectivity index (χ4v) is 1.44. The van der Waals surface area contributed by atoms with E-state index in [9.17, 15) is 0 Å². The quantitative estimate of drug-likeness (QED) is 0.552. The summed E-state index contributed by atoms with van der Waals surface area (Å²) in [6.45, 7) is 7.23. The average Bonchev–Trinajstić information content (AvgIpc) is 1.78. The minimum atomic E-state index is 0.212. The standard InChI is InChI=1S/C8H17NO/c1-6-4-8(2,3)7(9)5-10-6/h6-7H,4-5,9H2,1-3H3. The van der Waals surface area contributed by atoms with Crippen LogP contribution in [0.5, 0.6) is 0 Å². The molecule has 10 heavy (non-hydrogen) atoms. The molecule has 2 unspecified atom stereocenters. The van der Waals surface area contributed by atoms with Crippen LogP contribution in [0, 0.1) is 5.41 Å². The van der Waals surface area contributed by atoms with Crippen molar-refractivity contribution in [3.05, 3.63) is 0 Å². The topological polar surface area (TPSA) is 35.2 Å². The average molecular weight is 143 g/mol. The summed E-state index contributed by atoms with van der Waals surface area (Å²) in [6, 6.07) is 0.212. The third-order valence-corrected chi connectivity index (χ3v) is 2.38. The second-order valence-corrected chi connectivity index (χ2v) is 3.94. The summed E-state index contributed by atoms with van der Waals surface area (Å²) >= 11 is 0. The van der Waals surface area contributed by atoms with Crippen molar-refractivity contribution in [2.75, 3.05) is 6.61 Å². The van der Waals surface area contributed by atoms with Crippen molar-refractivity contribution in [3.63, 3.8) is 0 Å². The molecule has 0 bridgehead atoms. The van der Waals surface area contributed by atoms with Gasteiger partial charge in [-0.3, -0.25) is 0 Å². The van der Waals surface area contributed by atoms with Gasteiger partial charge in [0.05, 0.1) is 12.7 Å². The molecular weight excluding hydrogens is 126 g/mol. The zero-order chi connectivity index (χ0) is 7.78. The SMILES string of the molecule is CC1CC(C)(C)C(N)CO1. The molecule has 2 heteroatoms. The molecule has 0 aliphatic carbocycles. The minimum absolute atomic E-state index is 0.212. The number of nitrogens with two attached hydrogens (primary N) is 1. The van der Waals surface area contributed by atoms with Crippen LogP contribution in [-0.2, 0) is 4.74 Å². The lowest BCUT2D eigenvalue weighted by molar-refractivity contribution is -0.0404. The molecule has 0 aromatic heterocycles. The zero-order valence-corrected chi connectivity index (χ0v) is 7.05. The van der Waals surface area contributed by atoms with Gasteiger partial charge in [0.2, 0.25) is 0 Å². The van der Waals surface area contributed by atoms with Gasteiger partial charge in [-0.05, 0) is 18.8 Å². The van der Waals surface area contributed by atoms with Gasteiger partial charge in [0.15, 0.2) is 0 Å². The van der Waals surface area contributed by atoms with Crippen LogP contribution in [0.25, 0.3) is 0 Å². The summed E-state index contributed by atoms with van der Waals surface area (Å²) in [6.07, 6.45) is 1.46. The Hall–Kier alpha value is -0.0800. The Morgan fingerprint density at radius 1 is 1.50 bits per heavy atom.